The van der Waals surface area contributed by atoms with E-state index in [0.29, 0.717) is 24.7 Å². The number of rotatable bonds is 6. The first-order valence-electron chi connectivity index (χ1n) is 8.97. The van der Waals surface area contributed by atoms with Crippen LogP contribution in [0.15, 0.2) is 28.8 Å². The molecule has 0 radical (unpaired) electrons. The van der Waals surface area contributed by atoms with Gasteiger partial charge in [0.05, 0.1) is 13.0 Å². The van der Waals surface area contributed by atoms with Crippen molar-refractivity contribution < 1.29 is 14.1 Å². The maximum absolute atomic E-state index is 12.3. The fourth-order valence-electron chi connectivity index (χ4n) is 3.15. The van der Waals surface area contributed by atoms with Gasteiger partial charge in [-0.3, -0.25) is 4.79 Å². The summed E-state index contributed by atoms with van der Waals surface area (Å²) in [5.74, 6) is 2.35. The number of piperidine rings is 1. The van der Waals surface area contributed by atoms with Gasteiger partial charge < -0.3 is 14.2 Å². The van der Waals surface area contributed by atoms with Crippen molar-refractivity contribution in [1.29, 1.82) is 0 Å². The number of methoxy groups -OCH3 is 1. The molecule has 1 aromatic carbocycles. The number of hydrogen-bond acceptors (Lipinski definition) is 5. The monoisotopic (exact) mass is 343 g/mol. The number of nitrogens with zero attached hydrogens (tertiary/aromatic N) is 3. The molecule has 0 aliphatic carbocycles. The Kier molecular flexibility index (Phi) is 5.68. The topological polar surface area (TPSA) is 68.5 Å². The standard InChI is InChI=1S/C19H25N3O3/c1-3-4-7-17(23)22-12-5-6-15(13-22)19-20-18(21-25-19)14-8-10-16(24-2)11-9-14/h8-11,15H,3-7,12-13H2,1-2H3/t15-/m0/s1. The summed E-state index contributed by atoms with van der Waals surface area (Å²) in [4.78, 5) is 18.8. The van der Waals surface area contributed by atoms with Crippen LogP contribution in [0, 0.1) is 0 Å². The summed E-state index contributed by atoms with van der Waals surface area (Å²) >= 11 is 0. The second-order valence-corrected chi connectivity index (χ2v) is 6.47. The molecule has 2 heterocycles. The zero-order valence-corrected chi connectivity index (χ0v) is 14.9. The molecule has 3 rings (SSSR count). The predicted octanol–water partition coefficient (Wildman–Crippen LogP) is 3.64. The van der Waals surface area contributed by atoms with Gasteiger partial charge in [-0.05, 0) is 43.5 Å². The average Bonchev–Trinajstić information content (AvgIpc) is 3.16. The van der Waals surface area contributed by atoms with Crippen LogP contribution in [0.4, 0.5) is 0 Å². The van der Waals surface area contributed by atoms with Crippen LogP contribution in [0.5, 0.6) is 5.75 Å². The summed E-state index contributed by atoms with van der Waals surface area (Å²) in [7, 11) is 1.64. The number of carbonyl (C=O) groups is 1. The van der Waals surface area contributed by atoms with Gasteiger partial charge in [-0.1, -0.05) is 18.5 Å². The highest BCUT2D eigenvalue weighted by atomic mass is 16.5. The highest BCUT2D eigenvalue weighted by molar-refractivity contribution is 5.76. The molecule has 1 amide bonds. The van der Waals surface area contributed by atoms with Gasteiger partial charge in [0.15, 0.2) is 0 Å². The van der Waals surface area contributed by atoms with Gasteiger partial charge in [-0.25, -0.2) is 0 Å². The molecule has 1 atom stereocenters. The lowest BCUT2D eigenvalue weighted by molar-refractivity contribution is -0.132. The van der Waals surface area contributed by atoms with Gasteiger partial charge in [0.25, 0.3) is 0 Å². The maximum Gasteiger partial charge on any atom is 0.231 e. The Balaban J connectivity index is 1.67. The first kappa shape index (κ1) is 17.5. The lowest BCUT2D eigenvalue weighted by Crippen LogP contribution is -2.39. The lowest BCUT2D eigenvalue weighted by atomic mass is 9.97. The van der Waals surface area contributed by atoms with E-state index in [9.17, 15) is 4.79 Å². The Morgan fingerprint density at radius 1 is 1.36 bits per heavy atom. The third-order valence-electron chi connectivity index (χ3n) is 4.66. The summed E-state index contributed by atoms with van der Waals surface area (Å²) in [6, 6.07) is 7.57. The van der Waals surface area contributed by atoms with Gasteiger partial charge >= 0.3 is 0 Å². The van der Waals surface area contributed by atoms with E-state index in [0.717, 1.165) is 43.5 Å². The van der Waals surface area contributed by atoms with Crippen molar-refractivity contribution in [2.24, 2.45) is 0 Å². The van der Waals surface area contributed by atoms with E-state index in [2.05, 4.69) is 17.1 Å². The highest BCUT2D eigenvalue weighted by Gasteiger charge is 2.28. The SMILES string of the molecule is CCCCC(=O)N1CCC[C@H](c2nc(-c3ccc(OC)cc3)no2)C1. The molecule has 1 saturated heterocycles. The van der Waals surface area contributed by atoms with Crippen molar-refractivity contribution in [2.45, 2.75) is 44.9 Å². The minimum Gasteiger partial charge on any atom is -0.497 e. The number of amides is 1. The molecule has 2 aromatic rings. The van der Waals surface area contributed by atoms with Gasteiger partial charge in [-0.15, -0.1) is 0 Å². The molecule has 0 bridgehead atoms. The summed E-state index contributed by atoms with van der Waals surface area (Å²) in [5.41, 5.74) is 0.891. The number of ether oxygens (including phenoxy) is 1. The van der Waals surface area contributed by atoms with E-state index in [1.807, 2.05) is 29.2 Å². The van der Waals surface area contributed by atoms with Crippen LogP contribution in [0.3, 0.4) is 0 Å². The molecule has 1 aliphatic heterocycles. The lowest BCUT2D eigenvalue weighted by Gasteiger charge is -2.31. The smallest absolute Gasteiger partial charge is 0.231 e. The van der Waals surface area contributed by atoms with E-state index in [1.165, 1.54) is 0 Å². The molecular formula is C19H25N3O3. The summed E-state index contributed by atoms with van der Waals surface area (Å²) < 4.78 is 10.7. The summed E-state index contributed by atoms with van der Waals surface area (Å²) in [6.45, 7) is 3.61. The normalized spacial score (nSPS) is 17.5. The molecule has 0 N–H and O–H groups in total. The quantitative estimate of drug-likeness (QED) is 0.801. The molecular weight excluding hydrogens is 318 g/mol. The molecule has 25 heavy (non-hydrogen) atoms. The van der Waals surface area contributed by atoms with Crippen molar-refractivity contribution in [2.75, 3.05) is 20.2 Å². The van der Waals surface area contributed by atoms with Crippen molar-refractivity contribution in [3.05, 3.63) is 30.2 Å². The largest absolute Gasteiger partial charge is 0.497 e. The van der Waals surface area contributed by atoms with E-state index >= 15 is 0 Å². The number of benzene rings is 1. The predicted molar refractivity (Wildman–Crippen MR) is 94.4 cm³/mol. The number of carbonyl (C=O) groups excluding carboxylic acids is 1. The number of aromatic nitrogens is 2. The van der Waals surface area contributed by atoms with Gasteiger partial charge in [0, 0.05) is 25.1 Å². The molecule has 1 fully saturated rings. The van der Waals surface area contributed by atoms with Crippen molar-refractivity contribution >= 4 is 5.91 Å². The van der Waals surface area contributed by atoms with Crippen LogP contribution >= 0.6 is 0 Å². The fourth-order valence-corrected chi connectivity index (χ4v) is 3.15. The molecule has 6 heteroatoms. The van der Waals surface area contributed by atoms with Gasteiger partial charge in [0.2, 0.25) is 17.6 Å². The average molecular weight is 343 g/mol. The second-order valence-electron chi connectivity index (χ2n) is 6.47. The Labute approximate surface area is 148 Å². The molecule has 0 unspecified atom stereocenters. The molecule has 0 saturated carbocycles. The van der Waals surface area contributed by atoms with Crippen LogP contribution in [0.1, 0.15) is 50.8 Å². The van der Waals surface area contributed by atoms with Crippen molar-refractivity contribution in [3.8, 4) is 17.1 Å². The highest BCUT2D eigenvalue weighted by Crippen LogP contribution is 2.28. The molecule has 1 aliphatic rings. The summed E-state index contributed by atoms with van der Waals surface area (Å²) in [6.07, 6.45) is 4.56. The van der Waals surface area contributed by atoms with E-state index in [-0.39, 0.29) is 11.8 Å². The zero-order chi connectivity index (χ0) is 17.6. The third kappa shape index (κ3) is 4.18. The fraction of sp³-hybridized carbons (Fsp3) is 0.526. The van der Waals surface area contributed by atoms with Crippen LogP contribution in [-0.4, -0.2) is 41.1 Å². The molecule has 134 valence electrons. The van der Waals surface area contributed by atoms with E-state index in [1.54, 1.807) is 7.11 Å². The number of hydrogen-bond donors (Lipinski definition) is 0. The van der Waals surface area contributed by atoms with Crippen LogP contribution in [0.2, 0.25) is 0 Å². The van der Waals surface area contributed by atoms with Crippen molar-refractivity contribution in [3.63, 3.8) is 0 Å². The first-order chi connectivity index (χ1) is 12.2. The minimum atomic E-state index is 0.124. The Morgan fingerprint density at radius 3 is 2.88 bits per heavy atom. The van der Waals surface area contributed by atoms with Gasteiger partial charge in [-0.2, -0.15) is 4.98 Å². The summed E-state index contributed by atoms with van der Waals surface area (Å²) in [5, 5.41) is 4.11. The van der Waals surface area contributed by atoms with Crippen LogP contribution in [-0.2, 0) is 4.79 Å². The Bertz CT molecular complexity index is 696. The molecule has 1 aromatic heterocycles. The van der Waals surface area contributed by atoms with Crippen molar-refractivity contribution in [1.82, 2.24) is 15.0 Å². The van der Waals surface area contributed by atoms with Gasteiger partial charge in [0.1, 0.15) is 5.75 Å². The maximum atomic E-state index is 12.3. The van der Waals surface area contributed by atoms with Crippen LogP contribution < -0.4 is 4.74 Å². The Hall–Kier alpha value is -2.37. The third-order valence-corrected chi connectivity index (χ3v) is 4.66. The molecule has 6 nitrogen and oxygen atoms in total. The Morgan fingerprint density at radius 2 is 2.16 bits per heavy atom. The second kappa shape index (κ2) is 8.14. The zero-order valence-electron chi connectivity index (χ0n) is 14.9. The minimum absolute atomic E-state index is 0.124. The van der Waals surface area contributed by atoms with Crippen LogP contribution in [0.25, 0.3) is 11.4 Å². The number of likely N-dealkylation sites (tertiary alicyclic amines) is 1. The number of unbranched alkanes of at least 4 members (excludes halogenated alkanes) is 1. The molecule has 0 spiro atoms. The van der Waals surface area contributed by atoms with E-state index in [4.69, 9.17) is 9.26 Å². The first-order valence-corrected chi connectivity index (χ1v) is 8.97. The van der Waals surface area contributed by atoms with E-state index < -0.39 is 0 Å².